The van der Waals surface area contributed by atoms with E-state index in [1.165, 1.54) is 5.56 Å². The first-order chi connectivity index (χ1) is 8.37. The van der Waals surface area contributed by atoms with Crippen LogP contribution in [0.25, 0.3) is 0 Å². The highest BCUT2D eigenvalue weighted by Crippen LogP contribution is 2.02. The van der Waals surface area contributed by atoms with Crippen molar-refractivity contribution in [2.24, 2.45) is 0 Å². The monoisotopic (exact) mass is 248 g/mol. The van der Waals surface area contributed by atoms with E-state index in [1.807, 2.05) is 39.0 Å². The molecule has 0 saturated carbocycles. The third kappa shape index (κ3) is 6.40. The van der Waals surface area contributed by atoms with Crippen LogP contribution in [-0.4, -0.2) is 24.0 Å². The van der Waals surface area contributed by atoms with Crippen LogP contribution in [0, 0.1) is 0 Å². The average molecular weight is 248 g/mol. The van der Waals surface area contributed by atoms with Crippen molar-refractivity contribution in [1.29, 1.82) is 0 Å². The molecule has 3 heteroatoms. The molecule has 0 aromatic heterocycles. The predicted molar refractivity (Wildman–Crippen MR) is 75.5 cm³/mol. The molecule has 0 heterocycles. The molecule has 1 rings (SSSR count). The predicted octanol–water partition coefficient (Wildman–Crippen LogP) is 2.12. The second kappa shape index (κ2) is 6.55. The second-order valence-corrected chi connectivity index (χ2v) is 5.77. The molecule has 18 heavy (non-hydrogen) atoms. The van der Waals surface area contributed by atoms with Gasteiger partial charge in [0, 0.05) is 11.6 Å². The fraction of sp³-hybridized carbons (Fsp3) is 0.533. The van der Waals surface area contributed by atoms with E-state index in [0.29, 0.717) is 6.54 Å². The zero-order chi connectivity index (χ0) is 13.6. The summed E-state index contributed by atoms with van der Waals surface area (Å²) in [4.78, 5) is 11.6. The zero-order valence-electron chi connectivity index (χ0n) is 11.8. The van der Waals surface area contributed by atoms with E-state index < -0.39 is 0 Å². The largest absolute Gasteiger partial charge is 0.350 e. The molecular weight excluding hydrogens is 224 g/mol. The minimum absolute atomic E-state index is 0.0439. The lowest BCUT2D eigenvalue weighted by Crippen LogP contribution is -2.46. The van der Waals surface area contributed by atoms with Crippen molar-refractivity contribution in [2.45, 2.75) is 45.7 Å². The van der Waals surface area contributed by atoms with Crippen molar-refractivity contribution in [1.82, 2.24) is 10.6 Å². The first-order valence-electron chi connectivity index (χ1n) is 6.45. The van der Waals surface area contributed by atoms with Gasteiger partial charge in [0.25, 0.3) is 0 Å². The maximum atomic E-state index is 11.6. The van der Waals surface area contributed by atoms with Crippen LogP contribution in [0.2, 0.25) is 0 Å². The Hall–Kier alpha value is -1.35. The number of benzene rings is 1. The Morgan fingerprint density at radius 1 is 1.22 bits per heavy atom. The number of carbonyl (C=O) groups is 1. The van der Waals surface area contributed by atoms with Gasteiger partial charge in [-0.15, -0.1) is 0 Å². The van der Waals surface area contributed by atoms with Crippen LogP contribution in [0.4, 0.5) is 0 Å². The van der Waals surface area contributed by atoms with Crippen molar-refractivity contribution in [3.63, 3.8) is 0 Å². The highest BCUT2D eigenvalue weighted by atomic mass is 16.2. The molecule has 0 radical (unpaired) electrons. The molecule has 0 bridgehead atoms. The molecule has 1 unspecified atom stereocenters. The number of amides is 1. The molecule has 0 saturated heterocycles. The molecule has 0 aliphatic carbocycles. The number of carbonyl (C=O) groups excluding carboxylic acids is 1. The minimum atomic E-state index is -0.165. The van der Waals surface area contributed by atoms with Crippen LogP contribution in [0.3, 0.4) is 0 Å². The first kappa shape index (κ1) is 14.7. The topological polar surface area (TPSA) is 41.1 Å². The lowest BCUT2D eigenvalue weighted by molar-refractivity contribution is -0.121. The van der Waals surface area contributed by atoms with Gasteiger partial charge in [-0.1, -0.05) is 30.3 Å². The lowest BCUT2D eigenvalue weighted by Gasteiger charge is -2.21. The second-order valence-electron chi connectivity index (χ2n) is 5.77. The summed E-state index contributed by atoms with van der Waals surface area (Å²) in [6.07, 6.45) is 0.934. The number of nitrogens with one attached hydrogen (secondary N) is 2. The van der Waals surface area contributed by atoms with Gasteiger partial charge in [-0.05, 0) is 39.7 Å². The Bertz CT molecular complexity index is 368. The summed E-state index contributed by atoms with van der Waals surface area (Å²) < 4.78 is 0. The van der Waals surface area contributed by atoms with E-state index in [9.17, 15) is 4.79 Å². The summed E-state index contributed by atoms with van der Waals surface area (Å²) >= 11 is 0. The highest BCUT2D eigenvalue weighted by molar-refractivity contribution is 5.78. The Morgan fingerprint density at radius 3 is 2.39 bits per heavy atom. The van der Waals surface area contributed by atoms with Crippen LogP contribution >= 0.6 is 0 Å². The molecule has 100 valence electrons. The summed E-state index contributed by atoms with van der Waals surface area (Å²) in [5.41, 5.74) is 1.12. The van der Waals surface area contributed by atoms with Crippen LogP contribution in [0.15, 0.2) is 30.3 Å². The lowest BCUT2D eigenvalue weighted by atomic mass is 10.1. The van der Waals surface area contributed by atoms with E-state index in [-0.39, 0.29) is 17.5 Å². The van der Waals surface area contributed by atoms with Gasteiger partial charge in [-0.2, -0.15) is 0 Å². The summed E-state index contributed by atoms with van der Waals surface area (Å²) in [5.74, 6) is 0.0439. The maximum absolute atomic E-state index is 11.6. The van der Waals surface area contributed by atoms with E-state index in [4.69, 9.17) is 0 Å². The van der Waals surface area contributed by atoms with Crippen LogP contribution < -0.4 is 10.6 Å². The minimum Gasteiger partial charge on any atom is -0.350 e. The van der Waals surface area contributed by atoms with Gasteiger partial charge < -0.3 is 10.6 Å². The standard InChI is InChI=1S/C15H24N2O/c1-12(10-13-8-6-5-7-9-13)16-11-14(18)17-15(2,3)4/h5-9,12,16H,10-11H2,1-4H3,(H,17,18). The molecule has 3 nitrogen and oxygen atoms in total. The van der Waals surface area contributed by atoms with Crippen molar-refractivity contribution in [3.8, 4) is 0 Å². The quantitative estimate of drug-likeness (QED) is 0.838. The number of hydrogen-bond acceptors (Lipinski definition) is 2. The van der Waals surface area contributed by atoms with Gasteiger partial charge in [-0.25, -0.2) is 0 Å². The molecule has 1 amide bonds. The zero-order valence-corrected chi connectivity index (χ0v) is 11.8. The van der Waals surface area contributed by atoms with Gasteiger partial charge >= 0.3 is 0 Å². The molecule has 2 N–H and O–H groups in total. The first-order valence-corrected chi connectivity index (χ1v) is 6.45. The third-order valence-electron chi connectivity index (χ3n) is 2.51. The molecule has 0 aliphatic rings. The van der Waals surface area contributed by atoms with Gasteiger partial charge in [0.2, 0.25) is 5.91 Å². The number of hydrogen-bond donors (Lipinski definition) is 2. The van der Waals surface area contributed by atoms with E-state index >= 15 is 0 Å². The van der Waals surface area contributed by atoms with Gasteiger partial charge in [-0.3, -0.25) is 4.79 Å². The summed E-state index contributed by atoms with van der Waals surface area (Å²) in [7, 11) is 0. The Balaban J connectivity index is 2.29. The molecule has 0 spiro atoms. The van der Waals surface area contributed by atoms with Crippen LogP contribution in [-0.2, 0) is 11.2 Å². The highest BCUT2D eigenvalue weighted by Gasteiger charge is 2.14. The Morgan fingerprint density at radius 2 is 1.83 bits per heavy atom. The molecule has 1 aromatic carbocycles. The fourth-order valence-electron chi connectivity index (χ4n) is 1.77. The average Bonchev–Trinajstić information content (AvgIpc) is 2.25. The summed E-state index contributed by atoms with van der Waals surface area (Å²) in [6, 6.07) is 10.6. The van der Waals surface area contributed by atoms with E-state index in [0.717, 1.165) is 6.42 Å². The van der Waals surface area contributed by atoms with Gasteiger partial charge in [0.1, 0.15) is 0 Å². The molecule has 1 aromatic rings. The molecule has 0 fully saturated rings. The summed E-state index contributed by atoms with van der Waals surface area (Å²) in [5, 5.41) is 6.18. The SMILES string of the molecule is CC(Cc1ccccc1)NCC(=O)NC(C)(C)C. The smallest absolute Gasteiger partial charge is 0.234 e. The molecule has 0 aliphatic heterocycles. The van der Waals surface area contributed by atoms with Crippen molar-refractivity contribution in [3.05, 3.63) is 35.9 Å². The van der Waals surface area contributed by atoms with E-state index in [1.54, 1.807) is 0 Å². The maximum Gasteiger partial charge on any atom is 0.234 e. The van der Waals surface area contributed by atoms with Crippen LogP contribution in [0.1, 0.15) is 33.3 Å². The van der Waals surface area contributed by atoms with Crippen LogP contribution in [0.5, 0.6) is 0 Å². The summed E-state index contributed by atoms with van der Waals surface area (Å²) in [6.45, 7) is 8.41. The van der Waals surface area contributed by atoms with Crippen molar-refractivity contribution in [2.75, 3.05) is 6.54 Å². The third-order valence-corrected chi connectivity index (χ3v) is 2.51. The Labute approximate surface area is 110 Å². The van der Waals surface area contributed by atoms with Crippen molar-refractivity contribution >= 4 is 5.91 Å². The van der Waals surface area contributed by atoms with Gasteiger partial charge in [0.05, 0.1) is 6.54 Å². The fourth-order valence-corrected chi connectivity index (χ4v) is 1.77. The Kier molecular flexibility index (Phi) is 5.35. The van der Waals surface area contributed by atoms with Gasteiger partial charge in [0.15, 0.2) is 0 Å². The normalized spacial score (nSPS) is 13.1. The molecular formula is C15H24N2O. The van der Waals surface area contributed by atoms with E-state index in [2.05, 4.69) is 29.7 Å². The van der Waals surface area contributed by atoms with Crippen molar-refractivity contribution < 1.29 is 4.79 Å². The molecule has 1 atom stereocenters. The number of rotatable bonds is 5.